The van der Waals surface area contributed by atoms with Gasteiger partial charge in [-0.05, 0) is 32.1 Å². The standard InChI is InChI=1S/C12H20N2O4/c1-7-9(4-5-18-7)13-12(17)14-10(6-11(15)16)8-2-3-8/h7-10H,2-6H2,1H3,(H,15,16)(H2,13,14,17). The lowest BCUT2D eigenvalue weighted by molar-refractivity contribution is -0.137. The van der Waals surface area contributed by atoms with Gasteiger partial charge in [-0.2, -0.15) is 0 Å². The number of amides is 2. The van der Waals surface area contributed by atoms with Gasteiger partial charge in [0.05, 0.1) is 18.6 Å². The van der Waals surface area contributed by atoms with E-state index in [0.717, 1.165) is 19.3 Å². The van der Waals surface area contributed by atoms with Crippen molar-refractivity contribution in [3.63, 3.8) is 0 Å². The zero-order chi connectivity index (χ0) is 13.1. The van der Waals surface area contributed by atoms with E-state index < -0.39 is 5.97 Å². The van der Waals surface area contributed by atoms with Gasteiger partial charge in [-0.25, -0.2) is 4.79 Å². The van der Waals surface area contributed by atoms with E-state index in [0.29, 0.717) is 12.5 Å². The summed E-state index contributed by atoms with van der Waals surface area (Å²) < 4.78 is 5.36. The second-order valence-corrected chi connectivity index (χ2v) is 5.13. The Balaban J connectivity index is 1.79. The molecule has 0 aromatic carbocycles. The third-order valence-corrected chi connectivity index (χ3v) is 3.59. The van der Waals surface area contributed by atoms with Crippen LogP contribution < -0.4 is 10.6 Å². The van der Waals surface area contributed by atoms with Crippen molar-refractivity contribution in [1.82, 2.24) is 10.6 Å². The molecule has 0 radical (unpaired) electrons. The van der Waals surface area contributed by atoms with Crippen LogP contribution in [0.4, 0.5) is 4.79 Å². The van der Waals surface area contributed by atoms with Crippen LogP contribution in [-0.4, -0.2) is 41.9 Å². The van der Waals surface area contributed by atoms with E-state index >= 15 is 0 Å². The van der Waals surface area contributed by atoms with Gasteiger partial charge in [0.2, 0.25) is 0 Å². The highest BCUT2D eigenvalue weighted by Crippen LogP contribution is 2.34. The van der Waals surface area contributed by atoms with Gasteiger partial charge < -0.3 is 20.5 Å². The first-order valence-electron chi connectivity index (χ1n) is 6.46. The van der Waals surface area contributed by atoms with Crippen molar-refractivity contribution < 1.29 is 19.4 Å². The van der Waals surface area contributed by atoms with Crippen molar-refractivity contribution in [1.29, 1.82) is 0 Å². The number of rotatable bonds is 5. The largest absolute Gasteiger partial charge is 0.481 e. The molecule has 6 heteroatoms. The summed E-state index contributed by atoms with van der Waals surface area (Å²) in [5.41, 5.74) is 0. The van der Waals surface area contributed by atoms with E-state index in [2.05, 4.69) is 10.6 Å². The highest BCUT2D eigenvalue weighted by Gasteiger charge is 2.34. The van der Waals surface area contributed by atoms with E-state index in [4.69, 9.17) is 9.84 Å². The minimum absolute atomic E-state index is 0.00515. The number of nitrogens with one attached hydrogen (secondary N) is 2. The Kier molecular flexibility index (Phi) is 4.06. The number of aliphatic carboxylic acids is 1. The molecular formula is C12H20N2O4. The molecule has 0 spiro atoms. The first-order chi connectivity index (χ1) is 8.56. The number of hydrogen-bond acceptors (Lipinski definition) is 3. The lowest BCUT2D eigenvalue weighted by atomic mass is 10.1. The van der Waals surface area contributed by atoms with E-state index in [1.54, 1.807) is 0 Å². The van der Waals surface area contributed by atoms with Crippen LogP contribution in [-0.2, 0) is 9.53 Å². The Morgan fingerprint density at radius 2 is 2.11 bits per heavy atom. The number of carboxylic acids is 1. The number of carbonyl (C=O) groups is 2. The molecule has 2 rings (SSSR count). The minimum Gasteiger partial charge on any atom is -0.481 e. The molecule has 1 aliphatic heterocycles. The lowest BCUT2D eigenvalue weighted by Crippen LogP contribution is -2.49. The maximum Gasteiger partial charge on any atom is 0.315 e. The number of hydrogen-bond donors (Lipinski definition) is 3. The van der Waals surface area contributed by atoms with E-state index in [1.165, 1.54) is 0 Å². The fraction of sp³-hybridized carbons (Fsp3) is 0.833. The average molecular weight is 256 g/mol. The summed E-state index contributed by atoms with van der Waals surface area (Å²) in [5.74, 6) is -0.547. The monoisotopic (exact) mass is 256 g/mol. The third kappa shape index (κ3) is 3.60. The van der Waals surface area contributed by atoms with Crippen LogP contribution in [0.25, 0.3) is 0 Å². The molecule has 0 bridgehead atoms. The minimum atomic E-state index is -0.871. The maximum absolute atomic E-state index is 11.8. The first-order valence-corrected chi connectivity index (χ1v) is 6.46. The van der Waals surface area contributed by atoms with Crippen LogP contribution >= 0.6 is 0 Å². The topological polar surface area (TPSA) is 87.7 Å². The maximum atomic E-state index is 11.8. The molecule has 102 valence electrons. The highest BCUT2D eigenvalue weighted by molar-refractivity contribution is 5.76. The zero-order valence-corrected chi connectivity index (χ0v) is 10.5. The summed E-state index contributed by atoms with van der Waals surface area (Å²) >= 11 is 0. The molecule has 1 aliphatic carbocycles. The van der Waals surface area contributed by atoms with E-state index in [9.17, 15) is 9.59 Å². The van der Waals surface area contributed by atoms with E-state index in [1.807, 2.05) is 6.92 Å². The summed E-state index contributed by atoms with van der Waals surface area (Å²) in [6, 6.07) is -0.509. The molecule has 0 aromatic rings. The third-order valence-electron chi connectivity index (χ3n) is 3.59. The Labute approximate surface area is 106 Å². The predicted molar refractivity (Wildman–Crippen MR) is 64.3 cm³/mol. The van der Waals surface area contributed by atoms with Crippen molar-refractivity contribution >= 4 is 12.0 Å². The summed E-state index contributed by atoms with van der Waals surface area (Å²) in [5, 5.41) is 14.4. The van der Waals surface area contributed by atoms with E-state index in [-0.39, 0.29) is 30.6 Å². The van der Waals surface area contributed by atoms with Crippen LogP contribution in [0.1, 0.15) is 32.6 Å². The van der Waals surface area contributed by atoms with Gasteiger partial charge in [0.15, 0.2) is 0 Å². The summed E-state index contributed by atoms with van der Waals surface area (Å²) in [7, 11) is 0. The SMILES string of the molecule is CC1OCCC1NC(=O)NC(CC(=O)O)C1CC1. The molecule has 18 heavy (non-hydrogen) atoms. The molecule has 6 nitrogen and oxygen atoms in total. The van der Waals surface area contributed by atoms with Gasteiger partial charge in [0.1, 0.15) is 0 Å². The van der Waals surface area contributed by atoms with Crippen LogP contribution in [0.2, 0.25) is 0 Å². The van der Waals surface area contributed by atoms with Gasteiger partial charge in [0, 0.05) is 12.6 Å². The first kappa shape index (κ1) is 13.1. The van der Waals surface area contributed by atoms with Crippen molar-refractivity contribution in [3.8, 4) is 0 Å². The molecule has 3 unspecified atom stereocenters. The van der Waals surface area contributed by atoms with Crippen molar-refractivity contribution in [3.05, 3.63) is 0 Å². The molecule has 3 atom stereocenters. The quantitative estimate of drug-likeness (QED) is 0.676. The normalized spacial score (nSPS) is 28.7. The Morgan fingerprint density at radius 1 is 1.39 bits per heavy atom. The molecule has 1 saturated carbocycles. The molecular weight excluding hydrogens is 236 g/mol. The Hall–Kier alpha value is -1.30. The molecule has 2 fully saturated rings. The number of urea groups is 1. The number of carbonyl (C=O) groups excluding carboxylic acids is 1. The van der Waals surface area contributed by atoms with Crippen LogP contribution in [0.5, 0.6) is 0 Å². The number of ether oxygens (including phenoxy) is 1. The summed E-state index contributed by atoms with van der Waals surface area (Å²) in [4.78, 5) is 22.5. The molecule has 1 saturated heterocycles. The van der Waals surface area contributed by atoms with Crippen molar-refractivity contribution in [2.75, 3.05) is 6.61 Å². The molecule has 2 aliphatic rings. The van der Waals surface area contributed by atoms with Gasteiger partial charge in [-0.15, -0.1) is 0 Å². The Morgan fingerprint density at radius 3 is 2.61 bits per heavy atom. The van der Waals surface area contributed by atoms with Crippen molar-refractivity contribution in [2.24, 2.45) is 5.92 Å². The molecule has 3 N–H and O–H groups in total. The van der Waals surface area contributed by atoms with Gasteiger partial charge in [-0.3, -0.25) is 4.79 Å². The fourth-order valence-corrected chi connectivity index (χ4v) is 2.32. The van der Waals surface area contributed by atoms with Crippen LogP contribution in [0.15, 0.2) is 0 Å². The van der Waals surface area contributed by atoms with Gasteiger partial charge >= 0.3 is 12.0 Å². The second kappa shape index (κ2) is 5.56. The van der Waals surface area contributed by atoms with Gasteiger partial charge in [-0.1, -0.05) is 0 Å². The zero-order valence-electron chi connectivity index (χ0n) is 10.5. The van der Waals surface area contributed by atoms with Gasteiger partial charge in [0.25, 0.3) is 0 Å². The number of carboxylic acid groups (broad SMARTS) is 1. The Bertz CT molecular complexity index is 330. The summed E-state index contributed by atoms with van der Waals surface area (Å²) in [6.07, 6.45) is 2.83. The molecule has 2 amide bonds. The second-order valence-electron chi connectivity index (χ2n) is 5.13. The predicted octanol–water partition coefficient (Wildman–Crippen LogP) is 0.716. The average Bonchev–Trinajstić information content (AvgIpc) is 3.04. The molecule has 0 aromatic heterocycles. The van der Waals surface area contributed by atoms with Crippen molar-refractivity contribution in [2.45, 2.75) is 50.8 Å². The smallest absolute Gasteiger partial charge is 0.315 e. The lowest BCUT2D eigenvalue weighted by Gasteiger charge is -2.20. The van der Waals surface area contributed by atoms with Crippen LogP contribution in [0, 0.1) is 5.92 Å². The highest BCUT2D eigenvalue weighted by atomic mass is 16.5. The fourth-order valence-electron chi connectivity index (χ4n) is 2.32. The van der Waals surface area contributed by atoms with Crippen LogP contribution in [0.3, 0.4) is 0 Å². The molecule has 1 heterocycles. The summed E-state index contributed by atoms with van der Waals surface area (Å²) in [6.45, 7) is 2.58.